The summed E-state index contributed by atoms with van der Waals surface area (Å²) in [6, 6.07) is 6.97. The number of ether oxygens (including phenoxy) is 2. The average molecular weight is 238 g/mol. The Morgan fingerprint density at radius 1 is 1.12 bits per heavy atom. The zero-order valence-corrected chi connectivity index (χ0v) is 10.0. The first-order chi connectivity index (χ1) is 8.22. The first-order valence-corrected chi connectivity index (χ1v) is 5.80. The van der Waals surface area contributed by atoms with Crippen LogP contribution in [0.25, 0.3) is 0 Å². The quantitative estimate of drug-likeness (QED) is 0.707. The lowest BCUT2D eigenvalue weighted by molar-refractivity contribution is -0.139. The Hall–Kier alpha value is -1.71. The van der Waals surface area contributed by atoms with E-state index in [4.69, 9.17) is 14.6 Å². The summed E-state index contributed by atoms with van der Waals surface area (Å²) in [6.45, 7) is 2.54. The van der Waals surface area contributed by atoms with Crippen LogP contribution in [0.15, 0.2) is 24.3 Å². The summed E-state index contributed by atoms with van der Waals surface area (Å²) in [4.78, 5) is 10.3. The van der Waals surface area contributed by atoms with Crippen molar-refractivity contribution in [3.63, 3.8) is 0 Å². The van der Waals surface area contributed by atoms with Gasteiger partial charge in [-0.3, -0.25) is 0 Å². The number of carboxylic acids is 1. The fourth-order valence-electron chi connectivity index (χ4n) is 1.32. The van der Waals surface area contributed by atoms with E-state index in [2.05, 4.69) is 6.92 Å². The molecule has 0 atom stereocenters. The molecule has 0 saturated heterocycles. The predicted octanol–water partition coefficient (Wildman–Crippen LogP) is 2.72. The highest BCUT2D eigenvalue weighted by Gasteiger charge is 1.99. The molecule has 0 spiro atoms. The van der Waals surface area contributed by atoms with Crippen molar-refractivity contribution in [1.29, 1.82) is 0 Å². The molecule has 0 aliphatic carbocycles. The standard InChI is InChI=1S/C13H18O4/c1-2-3-4-9-16-11-5-7-12(8-6-11)17-10-13(14)15/h5-8H,2-4,9-10H2,1H3,(H,14,15). The minimum atomic E-state index is -0.982. The lowest BCUT2D eigenvalue weighted by atomic mass is 10.3. The van der Waals surface area contributed by atoms with Gasteiger partial charge in [0.15, 0.2) is 6.61 Å². The van der Waals surface area contributed by atoms with Crippen molar-refractivity contribution in [2.45, 2.75) is 26.2 Å². The Morgan fingerprint density at radius 3 is 2.24 bits per heavy atom. The van der Waals surface area contributed by atoms with Crippen LogP contribution in [0, 0.1) is 0 Å². The van der Waals surface area contributed by atoms with E-state index in [9.17, 15) is 4.79 Å². The maximum atomic E-state index is 10.3. The molecule has 0 radical (unpaired) electrons. The average Bonchev–Trinajstić information content (AvgIpc) is 2.33. The Bertz CT molecular complexity index is 332. The first kappa shape index (κ1) is 13.4. The number of carbonyl (C=O) groups is 1. The Morgan fingerprint density at radius 2 is 1.71 bits per heavy atom. The number of rotatable bonds is 8. The van der Waals surface area contributed by atoms with Crippen LogP contribution in [0.4, 0.5) is 0 Å². The maximum Gasteiger partial charge on any atom is 0.341 e. The molecule has 1 aromatic rings. The number of carboxylic acid groups (broad SMARTS) is 1. The van der Waals surface area contributed by atoms with Gasteiger partial charge in [0.25, 0.3) is 0 Å². The van der Waals surface area contributed by atoms with E-state index in [-0.39, 0.29) is 6.61 Å². The van der Waals surface area contributed by atoms with Gasteiger partial charge in [0.1, 0.15) is 11.5 Å². The third-order valence-electron chi connectivity index (χ3n) is 2.20. The van der Waals surface area contributed by atoms with Crippen molar-refractivity contribution < 1.29 is 19.4 Å². The third kappa shape index (κ3) is 5.80. The number of hydrogen-bond donors (Lipinski definition) is 1. The van der Waals surface area contributed by atoms with Crippen LogP contribution in [0.3, 0.4) is 0 Å². The molecule has 4 nitrogen and oxygen atoms in total. The van der Waals surface area contributed by atoms with E-state index in [0.29, 0.717) is 12.4 Å². The summed E-state index contributed by atoms with van der Waals surface area (Å²) in [5.41, 5.74) is 0. The van der Waals surface area contributed by atoms with Crippen molar-refractivity contribution >= 4 is 5.97 Å². The molecular weight excluding hydrogens is 220 g/mol. The second kappa shape index (κ2) is 7.54. The molecule has 0 heterocycles. The van der Waals surface area contributed by atoms with Crippen molar-refractivity contribution in [2.75, 3.05) is 13.2 Å². The molecular formula is C13H18O4. The van der Waals surface area contributed by atoms with Gasteiger partial charge in [0.2, 0.25) is 0 Å². The van der Waals surface area contributed by atoms with Crippen LogP contribution < -0.4 is 9.47 Å². The molecule has 0 bridgehead atoms. The van der Waals surface area contributed by atoms with Crippen molar-refractivity contribution in [1.82, 2.24) is 0 Å². The topological polar surface area (TPSA) is 55.8 Å². The number of benzene rings is 1. The molecule has 0 fully saturated rings. The Balaban J connectivity index is 2.31. The molecule has 0 amide bonds. The van der Waals surface area contributed by atoms with Crippen LogP contribution in [0.2, 0.25) is 0 Å². The number of unbranched alkanes of at least 4 members (excludes halogenated alkanes) is 2. The fourth-order valence-corrected chi connectivity index (χ4v) is 1.32. The Labute approximate surface area is 101 Å². The second-order valence-corrected chi connectivity index (χ2v) is 3.71. The number of aliphatic carboxylic acids is 1. The lowest BCUT2D eigenvalue weighted by Gasteiger charge is -2.07. The summed E-state index contributed by atoms with van der Waals surface area (Å²) in [5, 5.41) is 8.45. The zero-order valence-electron chi connectivity index (χ0n) is 10.0. The van der Waals surface area contributed by atoms with Crippen LogP contribution in [0.1, 0.15) is 26.2 Å². The zero-order chi connectivity index (χ0) is 12.5. The largest absolute Gasteiger partial charge is 0.494 e. The monoisotopic (exact) mass is 238 g/mol. The first-order valence-electron chi connectivity index (χ1n) is 5.80. The molecule has 17 heavy (non-hydrogen) atoms. The van der Waals surface area contributed by atoms with Gasteiger partial charge in [-0.15, -0.1) is 0 Å². The molecule has 1 aromatic carbocycles. The van der Waals surface area contributed by atoms with Crippen molar-refractivity contribution in [3.05, 3.63) is 24.3 Å². The molecule has 0 aliphatic rings. The number of hydrogen-bond acceptors (Lipinski definition) is 3. The SMILES string of the molecule is CCCCCOc1ccc(OCC(=O)O)cc1. The van der Waals surface area contributed by atoms with Crippen molar-refractivity contribution in [3.8, 4) is 11.5 Å². The molecule has 0 aromatic heterocycles. The van der Waals surface area contributed by atoms with E-state index in [1.807, 2.05) is 0 Å². The molecule has 4 heteroatoms. The molecule has 1 N–H and O–H groups in total. The van der Waals surface area contributed by atoms with Gasteiger partial charge in [-0.1, -0.05) is 19.8 Å². The van der Waals surface area contributed by atoms with Crippen LogP contribution in [0.5, 0.6) is 11.5 Å². The maximum absolute atomic E-state index is 10.3. The summed E-state index contributed by atoms with van der Waals surface area (Å²) in [5.74, 6) is 0.335. The highest BCUT2D eigenvalue weighted by atomic mass is 16.5. The van der Waals surface area contributed by atoms with E-state index in [1.165, 1.54) is 12.8 Å². The van der Waals surface area contributed by atoms with Crippen LogP contribution in [-0.2, 0) is 4.79 Å². The van der Waals surface area contributed by atoms with Gasteiger partial charge in [-0.05, 0) is 30.7 Å². The van der Waals surface area contributed by atoms with Crippen molar-refractivity contribution in [2.24, 2.45) is 0 Å². The van der Waals surface area contributed by atoms with E-state index in [0.717, 1.165) is 12.2 Å². The summed E-state index contributed by atoms with van der Waals surface area (Å²) in [7, 11) is 0. The van der Waals surface area contributed by atoms with E-state index >= 15 is 0 Å². The minimum absolute atomic E-state index is 0.323. The van der Waals surface area contributed by atoms with E-state index < -0.39 is 5.97 Å². The third-order valence-corrected chi connectivity index (χ3v) is 2.20. The summed E-state index contributed by atoms with van der Waals surface area (Å²) >= 11 is 0. The fraction of sp³-hybridized carbons (Fsp3) is 0.462. The van der Waals surface area contributed by atoms with Crippen LogP contribution in [-0.4, -0.2) is 24.3 Å². The molecule has 0 saturated carbocycles. The highest BCUT2D eigenvalue weighted by molar-refractivity contribution is 5.68. The molecule has 0 aliphatic heterocycles. The molecule has 94 valence electrons. The summed E-state index contributed by atoms with van der Waals surface area (Å²) < 4.78 is 10.5. The van der Waals surface area contributed by atoms with Gasteiger partial charge in [-0.2, -0.15) is 0 Å². The normalized spacial score (nSPS) is 9.94. The second-order valence-electron chi connectivity index (χ2n) is 3.71. The van der Waals surface area contributed by atoms with Gasteiger partial charge in [-0.25, -0.2) is 4.79 Å². The lowest BCUT2D eigenvalue weighted by Crippen LogP contribution is -2.09. The molecule has 1 rings (SSSR count). The highest BCUT2D eigenvalue weighted by Crippen LogP contribution is 2.17. The van der Waals surface area contributed by atoms with Gasteiger partial charge >= 0.3 is 5.97 Å². The van der Waals surface area contributed by atoms with Crippen LogP contribution >= 0.6 is 0 Å². The molecule has 0 unspecified atom stereocenters. The minimum Gasteiger partial charge on any atom is -0.494 e. The van der Waals surface area contributed by atoms with Gasteiger partial charge < -0.3 is 14.6 Å². The summed E-state index contributed by atoms with van der Waals surface area (Å²) in [6.07, 6.45) is 3.39. The Kier molecular flexibility index (Phi) is 5.93. The predicted molar refractivity (Wildman–Crippen MR) is 64.6 cm³/mol. The smallest absolute Gasteiger partial charge is 0.341 e. The van der Waals surface area contributed by atoms with Gasteiger partial charge in [0, 0.05) is 0 Å². The van der Waals surface area contributed by atoms with Gasteiger partial charge in [0.05, 0.1) is 6.61 Å². The van der Waals surface area contributed by atoms with E-state index in [1.54, 1.807) is 24.3 Å².